The van der Waals surface area contributed by atoms with Crippen LogP contribution in [0.1, 0.15) is 17.2 Å². The zero-order chi connectivity index (χ0) is 14.7. The number of halogens is 4. The summed E-state index contributed by atoms with van der Waals surface area (Å²) in [6.07, 6.45) is 0.416. The lowest BCUT2D eigenvalue weighted by Gasteiger charge is -2.17. The maximum absolute atomic E-state index is 13.8. The molecule has 2 rings (SSSR count). The minimum absolute atomic E-state index is 0.0249. The Balaban J connectivity index is 2.26. The molecule has 0 aliphatic heterocycles. The van der Waals surface area contributed by atoms with Gasteiger partial charge >= 0.3 is 0 Å². The number of benzene rings is 2. The van der Waals surface area contributed by atoms with Crippen molar-refractivity contribution in [3.63, 3.8) is 0 Å². The number of hydrogen-bond donors (Lipinski definition) is 1. The molecule has 0 fully saturated rings. The highest BCUT2D eigenvalue weighted by Gasteiger charge is 2.16. The van der Waals surface area contributed by atoms with E-state index in [9.17, 15) is 13.2 Å². The molecule has 1 unspecified atom stereocenters. The summed E-state index contributed by atoms with van der Waals surface area (Å²) in [5.74, 6) is -1.73. The van der Waals surface area contributed by atoms with Crippen LogP contribution in [0, 0.1) is 17.5 Å². The molecule has 0 aliphatic rings. The van der Waals surface area contributed by atoms with E-state index in [0.29, 0.717) is 12.0 Å². The molecule has 0 radical (unpaired) electrons. The zero-order valence-corrected chi connectivity index (χ0v) is 11.5. The Morgan fingerprint density at radius 2 is 1.80 bits per heavy atom. The van der Waals surface area contributed by atoms with Crippen LogP contribution in [-0.2, 0) is 6.42 Å². The molecule has 0 aromatic heterocycles. The van der Waals surface area contributed by atoms with Gasteiger partial charge in [0.2, 0.25) is 0 Å². The Morgan fingerprint density at radius 1 is 1.05 bits per heavy atom. The van der Waals surface area contributed by atoms with Crippen LogP contribution in [0.3, 0.4) is 0 Å². The Morgan fingerprint density at radius 3 is 2.40 bits per heavy atom. The van der Waals surface area contributed by atoms with Gasteiger partial charge in [-0.05, 0) is 37.2 Å². The Hall–Kier alpha value is -1.52. The predicted octanol–water partition coefficient (Wildman–Crippen LogP) is 4.26. The van der Waals surface area contributed by atoms with Crippen LogP contribution in [0.5, 0.6) is 0 Å². The largest absolute Gasteiger partial charge is 0.313 e. The molecule has 0 saturated carbocycles. The van der Waals surface area contributed by atoms with E-state index in [0.717, 1.165) is 11.6 Å². The molecule has 0 amide bonds. The molecule has 0 bridgehead atoms. The zero-order valence-electron chi connectivity index (χ0n) is 10.8. The molecule has 106 valence electrons. The smallest absolute Gasteiger partial charge is 0.141 e. The normalized spacial score (nSPS) is 12.4. The highest BCUT2D eigenvalue weighted by Crippen LogP contribution is 2.24. The first-order chi connectivity index (χ1) is 9.51. The molecular formula is C15H13ClF3N. The van der Waals surface area contributed by atoms with Gasteiger partial charge < -0.3 is 5.32 Å². The summed E-state index contributed by atoms with van der Waals surface area (Å²) in [6.45, 7) is 0. The van der Waals surface area contributed by atoms with Gasteiger partial charge in [-0.2, -0.15) is 0 Å². The van der Waals surface area contributed by atoms with Crippen LogP contribution in [0.15, 0.2) is 36.4 Å². The number of nitrogens with one attached hydrogen (secondary N) is 1. The van der Waals surface area contributed by atoms with Crippen molar-refractivity contribution < 1.29 is 13.2 Å². The molecule has 2 aromatic rings. The first kappa shape index (κ1) is 14.9. The van der Waals surface area contributed by atoms with Crippen molar-refractivity contribution in [1.29, 1.82) is 0 Å². The van der Waals surface area contributed by atoms with Crippen LogP contribution in [0.4, 0.5) is 13.2 Å². The second-order valence-electron chi connectivity index (χ2n) is 4.46. The second-order valence-corrected chi connectivity index (χ2v) is 4.87. The minimum atomic E-state index is -0.620. The van der Waals surface area contributed by atoms with Crippen molar-refractivity contribution >= 4 is 11.6 Å². The fourth-order valence-electron chi connectivity index (χ4n) is 2.05. The lowest BCUT2D eigenvalue weighted by Crippen LogP contribution is -2.20. The fourth-order valence-corrected chi connectivity index (χ4v) is 2.26. The molecule has 0 spiro atoms. The molecular weight excluding hydrogens is 287 g/mol. The van der Waals surface area contributed by atoms with Crippen molar-refractivity contribution in [2.24, 2.45) is 0 Å². The van der Waals surface area contributed by atoms with E-state index in [4.69, 9.17) is 11.6 Å². The summed E-state index contributed by atoms with van der Waals surface area (Å²) in [7, 11) is 1.68. The van der Waals surface area contributed by atoms with E-state index in [1.807, 2.05) is 0 Å². The summed E-state index contributed by atoms with van der Waals surface area (Å²) in [6, 6.07) is 7.47. The summed E-state index contributed by atoms with van der Waals surface area (Å²) < 4.78 is 39.8. The molecule has 0 saturated heterocycles. The van der Waals surface area contributed by atoms with Gasteiger partial charge in [0.1, 0.15) is 17.5 Å². The average molecular weight is 300 g/mol. The number of likely N-dealkylation sites (N-methyl/N-ethyl adjacent to an activating group) is 1. The minimum Gasteiger partial charge on any atom is -0.313 e. The van der Waals surface area contributed by atoms with Crippen LogP contribution in [0.2, 0.25) is 5.02 Å². The molecule has 0 aliphatic carbocycles. The fraction of sp³-hybridized carbons (Fsp3) is 0.200. The maximum atomic E-state index is 13.8. The van der Waals surface area contributed by atoms with E-state index in [1.165, 1.54) is 24.3 Å². The van der Waals surface area contributed by atoms with E-state index < -0.39 is 17.5 Å². The van der Waals surface area contributed by atoms with Crippen LogP contribution in [0.25, 0.3) is 0 Å². The summed E-state index contributed by atoms with van der Waals surface area (Å²) in [5.41, 5.74) is 1.12. The van der Waals surface area contributed by atoms with E-state index in [1.54, 1.807) is 13.1 Å². The van der Waals surface area contributed by atoms with Gasteiger partial charge in [-0.15, -0.1) is 0 Å². The van der Waals surface area contributed by atoms with Crippen molar-refractivity contribution in [1.82, 2.24) is 5.32 Å². The van der Waals surface area contributed by atoms with Crippen molar-refractivity contribution in [2.75, 3.05) is 7.05 Å². The third-order valence-corrected chi connectivity index (χ3v) is 3.40. The van der Waals surface area contributed by atoms with E-state index in [-0.39, 0.29) is 11.1 Å². The predicted molar refractivity (Wildman–Crippen MR) is 73.3 cm³/mol. The van der Waals surface area contributed by atoms with Gasteiger partial charge in [0.15, 0.2) is 0 Å². The molecule has 1 atom stereocenters. The van der Waals surface area contributed by atoms with E-state index in [2.05, 4.69) is 5.32 Å². The van der Waals surface area contributed by atoms with Gasteiger partial charge in [0.05, 0.1) is 5.02 Å². The highest BCUT2D eigenvalue weighted by atomic mass is 35.5. The van der Waals surface area contributed by atoms with Gasteiger partial charge in [-0.1, -0.05) is 23.7 Å². The lowest BCUT2D eigenvalue weighted by atomic mass is 9.98. The van der Waals surface area contributed by atoms with Gasteiger partial charge in [0, 0.05) is 17.7 Å². The molecule has 5 heteroatoms. The average Bonchev–Trinajstić information content (AvgIpc) is 2.41. The maximum Gasteiger partial charge on any atom is 0.141 e. The monoisotopic (exact) mass is 299 g/mol. The standard InChI is InChI=1S/C15H13ClF3N/c1-20-15(11-4-3-10(17)8-14(11)19)7-9-2-5-13(18)12(16)6-9/h2-6,8,15,20H,7H2,1H3. The van der Waals surface area contributed by atoms with Crippen molar-refractivity contribution in [3.05, 3.63) is 70.0 Å². The highest BCUT2D eigenvalue weighted by molar-refractivity contribution is 6.30. The molecule has 1 N–H and O–H groups in total. The van der Waals surface area contributed by atoms with Crippen molar-refractivity contribution in [3.8, 4) is 0 Å². The summed E-state index contributed by atoms with van der Waals surface area (Å²) >= 11 is 5.72. The molecule has 0 heterocycles. The third kappa shape index (κ3) is 3.32. The first-order valence-corrected chi connectivity index (χ1v) is 6.45. The van der Waals surface area contributed by atoms with E-state index >= 15 is 0 Å². The number of rotatable bonds is 4. The Bertz CT molecular complexity index is 616. The van der Waals surface area contributed by atoms with Crippen LogP contribution < -0.4 is 5.32 Å². The number of hydrogen-bond acceptors (Lipinski definition) is 1. The van der Waals surface area contributed by atoms with Crippen molar-refractivity contribution in [2.45, 2.75) is 12.5 Å². The quantitative estimate of drug-likeness (QED) is 0.889. The SMILES string of the molecule is CNC(Cc1ccc(F)c(Cl)c1)c1ccc(F)cc1F. The first-order valence-electron chi connectivity index (χ1n) is 6.07. The van der Waals surface area contributed by atoms with Crippen LogP contribution >= 0.6 is 11.6 Å². The summed E-state index contributed by atoms with van der Waals surface area (Å²) in [5, 5.41) is 2.99. The molecule has 20 heavy (non-hydrogen) atoms. The van der Waals surface area contributed by atoms with Gasteiger partial charge in [-0.3, -0.25) is 0 Å². The Kier molecular flexibility index (Phi) is 4.68. The topological polar surface area (TPSA) is 12.0 Å². The second kappa shape index (κ2) is 6.29. The summed E-state index contributed by atoms with van der Waals surface area (Å²) in [4.78, 5) is 0. The van der Waals surface area contributed by atoms with Crippen LogP contribution in [-0.4, -0.2) is 7.05 Å². The van der Waals surface area contributed by atoms with Gasteiger partial charge in [-0.25, -0.2) is 13.2 Å². The third-order valence-electron chi connectivity index (χ3n) is 3.11. The molecule has 2 aromatic carbocycles. The van der Waals surface area contributed by atoms with Gasteiger partial charge in [0.25, 0.3) is 0 Å². The lowest BCUT2D eigenvalue weighted by molar-refractivity contribution is 0.521. The Labute approximate surface area is 120 Å². The molecule has 1 nitrogen and oxygen atoms in total.